The van der Waals surface area contributed by atoms with E-state index < -0.39 is 0 Å². The largest absolute Gasteiger partial charge is 0.0736 e. The summed E-state index contributed by atoms with van der Waals surface area (Å²) in [6.07, 6.45) is 6.73. The van der Waals surface area contributed by atoms with E-state index in [0.717, 1.165) is 12.8 Å². The van der Waals surface area contributed by atoms with Crippen LogP contribution in [0.25, 0.3) is 0 Å². The summed E-state index contributed by atoms with van der Waals surface area (Å²) in [6, 6.07) is 0. The normalized spacial score (nSPS) is 14.0. The van der Waals surface area contributed by atoms with Crippen molar-refractivity contribution in [1.29, 1.82) is 0 Å². The Morgan fingerprint density at radius 2 is 1.20 bits per heavy atom. The van der Waals surface area contributed by atoms with Crippen molar-refractivity contribution >= 4 is 0 Å². The van der Waals surface area contributed by atoms with Crippen LogP contribution in [0.5, 0.6) is 0 Å². The van der Waals surface area contributed by atoms with E-state index in [1.807, 2.05) is 0 Å². The maximum Gasteiger partial charge on any atom is -0.0349 e. The minimum Gasteiger partial charge on any atom is -0.0736 e. The summed E-state index contributed by atoms with van der Waals surface area (Å²) in [5.74, 6) is 0. The molecule has 0 amide bonds. The third-order valence-electron chi connectivity index (χ3n) is 1.77. The fourth-order valence-electron chi connectivity index (χ4n) is 0.520. The summed E-state index contributed by atoms with van der Waals surface area (Å²) < 4.78 is 0. The average molecular weight is 138 g/mol. The lowest BCUT2D eigenvalue weighted by Gasteiger charge is -1.92. The molecule has 0 saturated heterocycles. The van der Waals surface area contributed by atoms with Gasteiger partial charge >= 0.3 is 0 Å². The van der Waals surface area contributed by atoms with E-state index in [2.05, 4.69) is 39.8 Å². The number of allylic oxidation sites excluding steroid dienone is 4. The number of hydrogen-bond donors (Lipinski definition) is 0. The summed E-state index contributed by atoms with van der Waals surface area (Å²) in [6.45, 7) is 8.70. The van der Waals surface area contributed by atoms with E-state index in [1.54, 1.807) is 0 Å². The van der Waals surface area contributed by atoms with Crippen molar-refractivity contribution in [3.05, 3.63) is 23.3 Å². The number of hydrogen-bond acceptors (Lipinski definition) is 0. The van der Waals surface area contributed by atoms with Crippen LogP contribution in [0.1, 0.15) is 40.5 Å². The topological polar surface area (TPSA) is 0 Å². The predicted octanol–water partition coefficient (Wildman–Crippen LogP) is 3.70. The zero-order valence-electron chi connectivity index (χ0n) is 7.57. The highest BCUT2D eigenvalue weighted by Gasteiger charge is 1.81. The zero-order chi connectivity index (χ0) is 7.98. The average Bonchev–Trinajstić information content (AvgIpc) is 1.99. The van der Waals surface area contributed by atoms with Crippen molar-refractivity contribution in [2.75, 3.05) is 0 Å². The molecule has 0 aliphatic heterocycles. The molecule has 0 aliphatic rings. The molecule has 0 fully saturated rings. The lowest BCUT2D eigenvalue weighted by Crippen LogP contribution is -1.71. The van der Waals surface area contributed by atoms with Crippen molar-refractivity contribution in [2.24, 2.45) is 0 Å². The predicted molar refractivity (Wildman–Crippen MR) is 48.1 cm³/mol. The summed E-state index contributed by atoms with van der Waals surface area (Å²) in [5.41, 5.74) is 2.90. The fourth-order valence-corrected chi connectivity index (χ4v) is 0.520. The maximum atomic E-state index is 2.21. The Hall–Kier alpha value is -0.520. The van der Waals surface area contributed by atoms with Gasteiger partial charge in [-0.15, -0.1) is 0 Å². The molecule has 0 heteroatoms. The van der Waals surface area contributed by atoms with Crippen molar-refractivity contribution in [1.82, 2.24) is 0 Å². The second kappa shape index (κ2) is 5.28. The van der Waals surface area contributed by atoms with Crippen LogP contribution in [0.3, 0.4) is 0 Å². The lowest BCUT2D eigenvalue weighted by atomic mass is 10.1. The van der Waals surface area contributed by atoms with Gasteiger partial charge in [0.25, 0.3) is 0 Å². The van der Waals surface area contributed by atoms with Gasteiger partial charge < -0.3 is 0 Å². The van der Waals surface area contributed by atoms with Crippen LogP contribution in [0.4, 0.5) is 0 Å². The summed E-state index contributed by atoms with van der Waals surface area (Å²) in [4.78, 5) is 0. The van der Waals surface area contributed by atoms with E-state index in [0.29, 0.717) is 0 Å². The standard InChI is InChI=1S/C10H18/c1-5-9(3)7-8-10(4)6-2/h7-8H,5-6H2,1-4H3/b9-7+,10-8?. The smallest absolute Gasteiger partial charge is 0.0349 e. The van der Waals surface area contributed by atoms with Gasteiger partial charge in [0, 0.05) is 0 Å². The molecule has 0 rings (SSSR count). The molecule has 10 heavy (non-hydrogen) atoms. The van der Waals surface area contributed by atoms with Gasteiger partial charge in [0.1, 0.15) is 0 Å². The Morgan fingerprint density at radius 1 is 0.900 bits per heavy atom. The molecular formula is C10H18. The summed E-state index contributed by atoms with van der Waals surface area (Å²) in [5, 5.41) is 0. The third-order valence-corrected chi connectivity index (χ3v) is 1.77. The Balaban J connectivity index is 3.91. The highest BCUT2D eigenvalue weighted by Crippen LogP contribution is 2.02. The van der Waals surface area contributed by atoms with Crippen molar-refractivity contribution in [2.45, 2.75) is 40.5 Å². The molecule has 0 aliphatic carbocycles. The van der Waals surface area contributed by atoms with Gasteiger partial charge in [0.2, 0.25) is 0 Å². The van der Waals surface area contributed by atoms with Crippen LogP contribution in [-0.2, 0) is 0 Å². The van der Waals surface area contributed by atoms with Gasteiger partial charge in [0.05, 0.1) is 0 Å². The first kappa shape index (κ1) is 9.48. The first-order valence-electron chi connectivity index (χ1n) is 4.03. The van der Waals surface area contributed by atoms with E-state index in [-0.39, 0.29) is 0 Å². The van der Waals surface area contributed by atoms with Crippen LogP contribution >= 0.6 is 0 Å². The third kappa shape index (κ3) is 4.37. The molecule has 0 heterocycles. The minimum absolute atomic E-state index is 1.16. The highest BCUT2D eigenvalue weighted by molar-refractivity contribution is 5.14. The lowest BCUT2D eigenvalue weighted by molar-refractivity contribution is 1.08. The molecule has 0 N–H and O–H groups in total. The number of rotatable bonds is 3. The molecule has 0 atom stereocenters. The Kier molecular flexibility index (Phi) is 5.00. The van der Waals surface area contributed by atoms with E-state index in [9.17, 15) is 0 Å². The molecule has 0 bridgehead atoms. The molecule has 0 aromatic rings. The molecule has 0 nitrogen and oxygen atoms in total. The molecule has 0 aromatic heterocycles. The first-order valence-corrected chi connectivity index (χ1v) is 4.03. The molecule has 0 aromatic carbocycles. The van der Waals surface area contributed by atoms with Crippen LogP contribution in [0, 0.1) is 0 Å². The second-order valence-corrected chi connectivity index (χ2v) is 2.73. The van der Waals surface area contributed by atoms with Gasteiger partial charge in [-0.25, -0.2) is 0 Å². The molecule has 0 unspecified atom stereocenters. The van der Waals surface area contributed by atoms with Gasteiger partial charge in [-0.3, -0.25) is 0 Å². The van der Waals surface area contributed by atoms with Crippen LogP contribution in [0.2, 0.25) is 0 Å². The molecular weight excluding hydrogens is 120 g/mol. The molecule has 0 radical (unpaired) electrons. The summed E-state index contributed by atoms with van der Waals surface area (Å²) in [7, 11) is 0. The van der Waals surface area contributed by atoms with Crippen LogP contribution < -0.4 is 0 Å². The van der Waals surface area contributed by atoms with E-state index in [1.165, 1.54) is 11.1 Å². The monoisotopic (exact) mass is 138 g/mol. The van der Waals surface area contributed by atoms with Crippen molar-refractivity contribution in [3.8, 4) is 0 Å². The summed E-state index contributed by atoms with van der Waals surface area (Å²) >= 11 is 0. The van der Waals surface area contributed by atoms with Gasteiger partial charge in [-0.05, 0) is 26.7 Å². The van der Waals surface area contributed by atoms with Crippen LogP contribution in [0.15, 0.2) is 23.3 Å². The van der Waals surface area contributed by atoms with E-state index >= 15 is 0 Å². The fraction of sp³-hybridized carbons (Fsp3) is 0.600. The minimum atomic E-state index is 1.16. The molecule has 0 spiro atoms. The maximum absolute atomic E-state index is 2.21. The van der Waals surface area contributed by atoms with Crippen LogP contribution in [-0.4, -0.2) is 0 Å². The SMILES string of the molecule is CCC(C)=C/C=C(\C)CC. The van der Waals surface area contributed by atoms with Gasteiger partial charge in [-0.2, -0.15) is 0 Å². The quantitative estimate of drug-likeness (QED) is 0.522. The van der Waals surface area contributed by atoms with Crippen molar-refractivity contribution in [3.63, 3.8) is 0 Å². The first-order chi connectivity index (χ1) is 4.70. The van der Waals surface area contributed by atoms with E-state index in [4.69, 9.17) is 0 Å². The van der Waals surface area contributed by atoms with Gasteiger partial charge in [-0.1, -0.05) is 37.1 Å². The Labute approximate surface area is 64.6 Å². The highest BCUT2D eigenvalue weighted by atomic mass is 13.9. The second-order valence-electron chi connectivity index (χ2n) is 2.73. The Bertz CT molecular complexity index is 120. The molecule has 0 saturated carbocycles. The van der Waals surface area contributed by atoms with Gasteiger partial charge in [0.15, 0.2) is 0 Å². The molecule has 58 valence electrons. The van der Waals surface area contributed by atoms with Crippen molar-refractivity contribution < 1.29 is 0 Å². The zero-order valence-corrected chi connectivity index (χ0v) is 7.57. The Morgan fingerprint density at radius 3 is 1.40 bits per heavy atom.